The number of hydrogen-bond acceptors (Lipinski definition) is 5. The maximum atomic E-state index is 13.0. The van der Waals surface area contributed by atoms with Crippen molar-refractivity contribution in [2.24, 2.45) is 0 Å². The summed E-state index contributed by atoms with van der Waals surface area (Å²) in [6.45, 7) is 3.17. The lowest BCUT2D eigenvalue weighted by Gasteiger charge is -2.31. The van der Waals surface area contributed by atoms with Crippen LogP contribution in [0.5, 0.6) is 5.75 Å². The van der Waals surface area contributed by atoms with Crippen molar-refractivity contribution in [2.45, 2.75) is 17.9 Å². The Morgan fingerprint density at radius 1 is 1.42 bits per heavy atom. The topological polar surface area (TPSA) is 79.0 Å². The third-order valence-corrected chi connectivity index (χ3v) is 5.90. The van der Waals surface area contributed by atoms with Gasteiger partial charge in [0.05, 0.1) is 12.7 Å². The number of methoxy groups -OCH3 is 1. The summed E-state index contributed by atoms with van der Waals surface area (Å²) in [6.07, 6.45) is 0. The SMILES string of the molecule is COc1c(C(=O)N(C)C)cc(Cl)cc1S(=O)(=O)N1CCNC(C)C1. The Kier molecular flexibility index (Phi) is 5.74. The number of rotatable bonds is 4. The van der Waals surface area contributed by atoms with Crippen LogP contribution in [-0.2, 0) is 10.0 Å². The van der Waals surface area contributed by atoms with E-state index in [1.54, 1.807) is 14.1 Å². The second-order valence-corrected chi connectivity index (χ2v) is 8.25. The molecule has 1 atom stereocenters. The molecule has 1 aliphatic heterocycles. The molecule has 1 saturated heterocycles. The molecule has 1 aromatic carbocycles. The largest absolute Gasteiger partial charge is 0.494 e. The van der Waals surface area contributed by atoms with Crippen LogP contribution in [0.3, 0.4) is 0 Å². The van der Waals surface area contributed by atoms with Gasteiger partial charge in [0.1, 0.15) is 4.90 Å². The average Bonchev–Trinajstić information content (AvgIpc) is 2.53. The van der Waals surface area contributed by atoms with E-state index in [-0.39, 0.29) is 33.2 Å². The Morgan fingerprint density at radius 2 is 2.08 bits per heavy atom. The Morgan fingerprint density at radius 3 is 2.62 bits per heavy atom. The van der Waals surface area contributed by atoms with Gasteiger partial charge in [-0.25, -0.2) is 8.42 Å². The monoisotopic (exact) mass is 375 g/mol. The maximum Gasteiger partial charge on any atom is 0.257 e. The van der Waals surface area contributed by atoms with E-state index in [0.717, 1.165) is 0 Å². The third-order valence-electron chi connectivity index (χ3n) is 3.81. The van der Waals surface area contributed by atoms with E-state index in [1.807, 2.05) is 6.92 Å². The number of nitrogens with zero attached hydrogens (tertiary/aromatic N) is 2. The number of ether oxygens (including phenoxy) is 1. The highest BCUT2D eigenvalue weighted by atomic mass is 35.5. The summed E-state index contributed by atoms with van der Waals surface area (Å²) in [6, 6.07) is 2.79. The average molecular weight is 376 g/mol. The van der Waals surface area contributed by atoms with Crippen LogP contribution in [0.1, 0.15) is 17.3 Å². The molecule has 1 amide bonds. The quantitative estimate of drug-likeness (QED) is 0.850. The minimum Gasteiger partial charge on any atom is -0.494 e. The maximum absolute atomic E-state index is 13.0. The Bertz CT molecular complexity index is 736. The highest BCUT2D eigenvalue weighted by molar-refractivity contribution is 7.89. The van der Waals surface area contributed by atoms with Crippen LogP contribution in [0.4, 0.5) is 0 Å². The minimum absolute atomic E-state index is 0.0179. The Balaban J connectivity index is 2.58. The fourth-order valence-corrected chi connectivity index (χ4v) is 4.64. The lowest BCUT2D eigenvalue weighted by Crippen LogP contribution is -2.51. The lowest BCUT2D eigenvalue weighted by molar-refractivity contribution is 0.0823. The predicted molar refractivity (Wildman–Crippen MR) is 92.2 cm³/mol. The Labute approximate surface area is 147 Å². The number of sulfonamides is 1. The number of carbonyl (C=O) groups excluding carboxylic acids is 1. The fourth-order valence-electron chi connectivity index (χ4n) is 2.62. The molecular weight excluding hydrogens is 354 g/mol. The molecule has 1 aliphatic rings. The van der Waals surface area contributed by atoms with Crippen molar-refractivity contribution >= 4 is 27.5 Å². The first-order valence-electron chi connectivity index (χ1n) is 7.51. The first-order chi connectivity index (χ1) is 11.2. The third kappa shape index (κ3) is 3.66. The zero-order valence-corrected chi connectivity index (χ0v) is 15.7. The van der Waals surface area contributed by atoms with Crippen molar-refractivity contribution in [3.8, 4) is 5.75 Å². The number of carbonyl (C=O) groups is 1. The van der Waals surface area contributed by atoms with E-state index in [4.69, 9.17) is 16.3 Å². The summed E-state index contributed by atoms with van der Waals surface area (Å²) in [5, 5.41) is 3.37. The van der Waals surface area contributed by atoms with E-state index < -0.39 is 10.0 Å². The molecule has 0 aromatic heterocycles. The van der Waals surface area contributed by atoms with Gasteiger partial charge in [-0.05, 0) is 19.1 Å². The van der Waals surface area contributed by atoms with Crippen molar-refractivity contribution in [1.29, 1.82) is 0 Å². The normalized spacial score (nSPS) is 19.1. The molecular formula is C15H22ClN3O4S. The Hall–Kier alpha value is -1.35. The molecule has 24 heavy (non-hydrogen) atoms. The van der Waals surface area contributed by atoms with Crippen LogP contribution in [0.15, 0.2) is 17.0 Å². The van der Waals surface area contributed by atoms with Gasteiger partial charge in [-0.15, -0.1) is 0 Å². The number of hydrogen-bond donors (Lipinski definition) is 1. The van der Waals surface area contributed by atoms with E-state index >= 15 is 0 Å². The number of amides is 1. The van der Waals surface area contributed by atoms with Crippen LogP contribution in [-0.4, -0.2) is 70.4 Å². The molecule has 1 N–H and O–H groups in total. The van der Waals surface area contributed by atoms with Gasteiger partial charge in [0, 0.05) is 44.8 Å². The molecule has 9 heteroatoms. The highest BCUT2D eigenvalue weighted by Crippen LogP contribution is 2.34. The van der Waals surface area contributed by atoms with E-state index in [1.165, 1.54) is 28.4 Å². The van der Waals surface area contributed by atoms with Crippen LogP contribution in [0.2, 0.25) is 5.02 Å². The van der Waals surface area contributed by atoms with Gasteiger partial charge in [-0.3, -0.25) is 4.79 Å². The van der Waals surface area contributed by atoms with E-state index in [2.05, 4.69) is 5.32 Å². The smallest absolute Gasteiger partial charge is 0.257 e. The number of piperazine rings is 1. The molecule has 1 heterocycles. The second kappa shape index (κ2) is 7.26. The van der Waals surface area contributed by atoms with Gasteiger partial charge in [0.15, 0.2) is 5.75 Å². The number of benzene rings is 1. The summed E-state index contributed by atoms with van der Waals surface area (Å²) in [5.74, 6) is -0.358. The molecule has 1 aromatic rings. The van der Waals surface area contributed by atoms with E-state index in [0.29, 0.717) is 19.6 Å². The van der Waals surface area contributed by atoms with Crippen molar-refractivity contribution in [3.05, 3.63) is 22.7 Å². The summed E-state index contributed by atoms with van der Waals surface area (Å²) < 4.78 is 32.7. The molecule has 7 nitrogen and oxygen atoms in total. The van der Waals surface area contributed by atoms with Crippen LogP contribution in [0, 0.1) is 0 Å². The summed E-state index contributed by atoms with van der Waals surface area (Å²) >= 11 is 6.08. The number of halogens is 1. The molecule has 0 bridgehead atoms. The lowest BCUT2D eigenvalue weighted by atomic mass is 10.2. The standard InChI is InChI=1S/C15H22ClN3O4S/c1-10-9-19(6-5-17-10)24(21,22)13-8-11(16)7-12(14(13)23-4)15(20)18(2)3/h7-8,10,17H,5-6,9H2,1-4H3. The molecule has 134 valence electrons. The predicted octanol–water partition coefficient (Wildman–Crippen LogP) is 1.03. The molecule has 0 saturated carbocycles. The molecule has 0 spiro atoms. The summed E-state index contributed by atoms with van der Waals surface area (Å²) in [5.41, 5.74) is 0.122. The zero-order valence-electron chi connectivity index (χ0n) is 14.2. The first-order valence-corrected chi connectivity index (χ1v) is 9.33. The molecule has 0 aliphatic carbocycles. The van der Waals surface area contributed by atoms with Crippen LogP contribution in [0.25, 0.3) is 0 Å². The summed E-state index contributed by atoms with van der Waals surface area (Å²) in [4.78, 5) is 13.6. The van der Waals surface area contributed by atoms with Crippen LogP contribution < -0.4 is 10.1 Å². The molecule has 0 radical (unpaired) electrons. The van der Waals surface area contributed by atoms with Gasteiger partial charge in [-0.1, -0.05) is 11.6 Å². The molecule has 1 unspecified atom stereocenters. The van der Waals surface area contributed by atoms with Gasteiger partial charge < -0.3 is 15.0 Å². The van der Waals surface area contributed by atoms with Crippen molar-refractivity contribution in [1.82, 2.24) is 14.5 Å². The molecule has 2 rings (SSSR count). The van der Waals surface area contributed by atoms with Crippen molar-refractivity contribution in [2.75, 3.05) is 40.8 Å². The van der Waals surface area contributed by atoms with Gasteiger partial charge >= 0.3 is 0 Å². The fraction of sp³-hybridized carbons (Fsp3) is 0.533. The van der Waals surface area contributed by atoms with Gasteiger partial charge in [-0.2, -0.15) is 4.31 Å². The molecule has 1 fully saturated rings. The van der Waals surface area contributed by atoms with Gasteiger partial charge in [0.2, 0.25) is 10.0 Å². The zero-order chi connectivity index (χ0) is 18.1. The van der Waals surface area contributed by atoms with Crippen molar-refractivity contribution in [3.63, 3.8) is 0 Å². The number of nitrogens with one attached hydrogen (secondary N) is 1. The van der Waals surface area contributed by atoms with Gasteiger partial charge in [0.25, 0.3) is 5.91 Å². The summed E-state index contributed by atoms with van der Waals surface area (Å²) in [7, 11) is 0.670. The van der Waals surface area contributed by atoms with Crippen molar-refractivity contribution < 1.29 is 17.9 Å². The minimum atomic E-state index is -3.83. The second-order valence-electron chi connectivity index (χ2n) is 5.90. The highest BCUT2D eigenvalue weighted by Gasteiger charge is 2.33. The van der Waals surface area contributed by atoms with Crippen LogP contribution >= 0.6 is 11.6 Å². The first kappa shape index (κ1) is 19.0. The van der Waals surface area contributed by atoms with E-state index in [9.17, 15) is 13.2 Å².